The molecular weight excluding hydrogens is 202 g/mol. The van der Waals surface area contributed by atoms with Crippen LogP contribution in [0.15, 0.2) is 12.1 Å². The first kappa shape index (κ1) is 11.0. The summed E-state index contributed by atoms with van der Waals surface area (Å²) in [5.41, 5.74) is 7.80. The van der Waals surface area contributed by atoms with Gasteiger partial charge in [0.05, 0.1) is 0 Å². The van der Waals surface area contributed by atoms with E-state index in [-0.39, 0.29) is 0 Å². The Labute approximate surface area is 87.5 Å². The molecule has 3 nitrogen and oxygen atoms in total. The molecule has 4 heteroatoms. The summed E-state index contributed by atoms with van der Waals surface area (Å²) in [6.07, 6.45) is 0. The van der Waals surface area contributed by atoms with Crippen molar-refractivity contribution in [2.24, 2.45) is 5.73 Å². The van der Waals surface area contributed by atoms with Crippen LogP contribution in [0.4, 0.5) is 0 Å². The van der Waals surface area contributed by atoms with Gasteiger partial charge in [0.15, 0.2) is 0 Å². The molecule has 76 valence electrons. The Morgan fingerprint density at radius 2 is 2.07 bits per heavy atom. The Balaban J connectivity index is 3.27. The van der Waals surface area contributed by atoms with Crippen LogP contribution < -0.4 is 5.73 Å². The number of hydrogen-bond acceptors (Lipinski definition) is 2. The number of nitrogens with two attached hydrogens (primary N) is 1. The first-order chi connectivity index (χ1) is 6.43. The maximum Gasteiger partial charge on any atom is 0.325 e. The lowest BCUT2D eigenvalue weighted by Crippen LogP contribution is -2.22. The summed E-state index contributed by atoms with van der Waals surface area (Å²) < 4.78 is 0. The normalized spacial score (nSPS) is 12.6. The Morgan fingerprint density at radius 1 is 1.50 bits per heavy atom. The number of halogens is 1. The van der Waals surface area contributed by atoms with Gasteiger partial charge < -0.3 is 10.8 Å². The van der Waals surface area contributed by atoms with E-state index in [0.717, 1.165) is 11.1 Å². The maximum atomic E-state index is 10.7. The molecule has 0 bridgehead atoms. The van der Waals surface area contributed by atoms with Crippen LogP contribution in [-0.4, -0.2) is 11.1 Å². The molecule has 1 aromatic carbocycles. The van der Waals surface area contributed by atoms with Crippen LogP contribution in [0.2, 0.25) is 5.02 Å². The number of carbonyl (C=O) groups is 1. The second-order valence-corrected chi connectivity index (χ2v) is 3.70. The summed E-state index contributed by atoms with van der Waals surface area (Å²) in [4.78, 5) is 10.7. The predicted molar refractivity (Wildman–Crippen MR) is 55.5 cm³/mol. The number of aryl methyl sites for hydroxylation is 2. The van der Waals surface area contributed by atoms with Gasteiger partial charge in [-0.25, -0.2) is 0 Å². The number of aliphatic carboxylic acids is 1. The van der Waals surface area contributed by atoms with Crippen molar-refractivity contribution in [2.45, 2.75) is 19.9 Å². The summed E-state index contributed by atoms with van der Waals surface area (Å²) >= 11 is 5.93. The van der Waals surface area contributed by atoms with Gasteiger partial charge in [0.2, 0.25) is 0 Å². The van der Waals surface area contributed by atoms with Gasteiger partial charge in [-0.15, -0.1) is 0 Å². The molecule has 0 fully saturated rings. The van der Waals surface area contributed by atoms with Gasteiger partial charge in [0, 0.05) is 10.6 Å². The second-order valence-electron chi connectivity index (χ2n) is 3.29. The summed E-state index contributed by atoms with van der Waals surface area (Å²) in [7, 11) is 0. The summed E-state index contributed by atoms with van der Waals surface area (Å²) in [6, 6.07) is 2.53. The van der Waals surface area contributed by atoms with Crippen molar-refractivity contribution in [1.29, 1.82) is 0 Å². The van der Waals surface area contributed by atoms with Gasteiger partial charge in [-0.3, -0.25) is 4.79 Å². The van der Waals surface area contributed by atoms with E-state index in [1.807, 2.05) is 13.0 Å². The van der Waals surface area contributed by atoms with E-state index in [0.29, 0.717) is 10.6 Å². The van der Waals surface area contributed by atoms with Crippen molar-refractivity contribution < 1.29 is 9.90 Å². The quantitative estimate of drug-likeness (QED) is 0.790. The van der Waals surface area contributed by atoms with Gasteiger partial charge >= 0.3 is 5.97 Å². The Hall–Kier alpha value is -1.06. The summed E-state index contributed by atoms with van der Waals surface area (Å²) in [5.74, 6) is -1.07. The molecule has 0 saturated carbocycles. The largest absolute Gasteiger partial charge is 0.480 e. The highest BCUT2D eigenvalue weighted by atomic mass is 35.5. The number of rotatable bonds is 2. The van der Waals surface area contributed by atoms with Crippen LogP contribution in [0, 0.1) is 13.8 Å². The molecular formula is C10H12ClNO2. The minimum absolute atomic E-state index is 0.414. The van der Waals surface area contributed by atoms with Gasteiger partial charge in [-0.1, -0.05) is 17.7 Å². The van der Waals surface area contributed by atoms with Crippen LogP contribution in [0.1, 0.15) is 22.7 Å². The fourth-order valence-electron chi connectivity index (χ4n) is 1.44. The van der Waals surface area contributed by atoms with E-state index < -0.39 is 12.0 Å². The predicted octanol–water partition coefficient (Wildman–Crippen LogP) is 2.04. The van der Waals surface area contributed by atoms with Crippen LogP contribution >= 0.6 is 11.6 Å². The van der Waals surface area contributed by atoms with Crippen LogP contribution in [0.5, 0.6) is 0 Å². The summed E-state index contributed by atoms with van der Waals surface area (Å²) in [5, 5.41) is 9.18. The topological polar surface area (TPSA) is 63.3 Å². The molecule has 1 aromatic rings. The zero-order chi connectivity index (χ0) is 10.9. The monoisotopic (exact) mass is 213 g/mol. The molecule has 0 aliphatic carbocycles. The zero-order valence-corrected chi connectivity index (χ0v) is 8.80. The Kier molecular flexibility index (Phi) is 3.13. The van der Waals surface area contributed by atoms with Crippen molar-refractivity contribution in [1.82, 2.24) is 0 Å². The first-order valence-electron chi connectivity index (χ1n) is 4.18. The van der Waals surface area contributed by atoms with E-state index >= 15 is 0 Å². The minimum Gasteiger partial charge on any atom is -0.480 e. The number of carboxylic acid groups (broad SMARTS) is 1. The lowest BCUT2D eigenvalue weighted by Gasteiger charge is -2.13. The van der Waals surface area contributed by atoms with E-state index in [1.54, 1.807) is 13.0 Å². The first-order valence-corrected chi connectivity index (χ1v) is 4.56. The minimum atomic E-state index is -1.07. The van der Waals surface area contributed by atoms with Crippen LogP contribution in [0.25, 0.3) is 0 Å². The standard InChI is InChI=1S/C10H12ClNO2/c1-5-3-6(2)8(7(11)4-5)9(12)10(13)14/h3-4,9H,12H2,1-2H3,(H,13,14). The molecule has 1 atom stereocenters. The lowest BCUT2D eigenvalue weighted by molar-refractivity contribution is -0.138. The molecule has 1 rings (SSSR count). The van der Waals surface area contributed by atoms with Crippen molar-refractivity contribution >= 4 is 17.6 Å². The average Bonchev–Trinajstić information content (AvgIpc) is 2.01. The summed E-state index contributed by atoms with van der Waals surface area (Å²) in [6.45, 7) is 3.70. The Morgan fingerprint density at radius 3 is 2.50 bits per heavy atom. The number of carboxylic acids is 1. The lowest BCUT2D eigenvalue weighted by atomic mass is 10.00. The van der Waals surface area contributed by atoms with E-state index in [1.165, 1.54) is 0 Å². The fourth-order valence-corrected chi connectivity index (χ4v) is 1.88. The molecule has 0 radical (unpaired) electrons. The maximum absolute atomic E-state index is 10.7. The van der Waals surface area contributed by atoms with Crippen molar-refractivity contribution in [3.63, 3.8) is 0 Å². The van der Waals surface area contributed by atoms with Gasteiger partial charge in [-0.2, -0.15) is 0 Å². The molecule has 1 unspecified atom stereocenters. The number of benzene rings is 1. The molecule has 0 heterocycles. The smallest absolute Gasteiger partial charge is 0.325 e. The van der Waals surface area contributed by atoms with Crippen molar-refractivity contribution in [3.8, 4) is 0 Å². The molecule has 0 spiro atoms. The second kappa shape index (κ2) is 3.98. The van der Waals surface area contributed by atoms with Crippen LogP contribution in [-0.2, 0) is 4.79 Å². The number of hydrogen-bond donors (Lipinski definition) is 2. The van der Waals surface area contributed by atoms with Gasteiger partial charge in [-0.05, 0) is 31.0 Å². The average molecular weight is 214 g/mol. The fraction of sp³-hybridized carbons (Fsp3) is 0.300. The van der Waals surface area contributed by atoms with E-state index in [2.05, 4.69) is 0 Å². The highest BCUT2D eigenvalue weighted by Crippen LogP contribution is 2.26. The molecule has 0 saturated heterocycles. The molecule has 0 aliphatic heterocycles. The molecule has 3 N–H and O–H groups in total. The van der Waals surface area contributed by atoms with Crippen molar-refractivity contribution in [2.75, 3.05) is 0 Å². The third-order valence-corrected chi connectivity index (χ3v) is 2.37. The van der Waals surface area contributed by atoms with Gasteiger partial charge in [0.1, 0.15) is 6.04 Å². The van der Waals surface area contributed by atoms with Crippen molar-refractivity contribution in [3.05, 3.63) is 33.8 Å². The molecule has 0 amide bonds. The third-order valence-electron chi connectivity index (χ3n) is 2.06. The molecule has 0 aromatic heterocycles. The highest BCUT2D eigenvalue weighted by molar-refractivity contribution is 6.31. The molecule has 0 aliphatic rings. The Bertz CT molecular complexity index is 353. The van der Waals surface area contributed by atoms with E-state index in [4.69, 9.17) is 22.4 Å². The van der Waals surface area contributed by atoms with Gasteiger partial charge in [0.25, 0.3) is 0 Å². The highest BCUT2D eigenvalue weighted by Gasteiger charge is 2.19. The SMILES string of the molecule is Cc1cc(C)c(C(N)C(=O)O)c(Cl)c1. The van der Waals surface area contributed by atoms with Crippen LogP contribution in [0.3, 0.4) is 0 Å². The van der Waals surface area contributed by atoms with E-state index in [9.17, 15) is 4.79 Å². The molecule has 14 heavy (non-hydrogen) atoms. The zero-order valence-electron chi connectivity index (χ0n) is 8.04. The third kappa shape index (κ3) is 2.05.